The van der Waals surface area contributed by atoms with Crippen LogP contribution in [0, 0.1) is 0 Å². The number of esters is 1. The van der Waals surface area contributed by atoms with Crippen LogP contribution in [0.15, 0.2) is 72.8 Å². The van der Waals surface area contributed by atoms with Crippen molar-refractivity contribution in [2.24, 2.45) is 0 Å². The summed E-state index contributed by atoms with van der Waals surface area (Å²) in [5, 5.41) is 14.3. The summed E-state index contributed by atoms with van der Waals surface area (Å²) in [6.07, 6.45) is 0.807. The van der Waals surface area contributed by atoms with Crippen LogP contribution in [0.1, 0.15) is 72.0 Å². The molecule has 1 aliphatic rings. The van der Waals surface area contributed by atoms with Gasteiger partial charge in [-0.05, 0) is 78.4 Å². The Morgan fingerprint density at radius 2 is 1.48 bits per heavy atom. The van der Waals surface area contributed by atoms with Gasteiger partial charge in [-0.15, -0.1) is 13.2 Å². The first-order valence-electron chi connectivity index (χ1n) is 13.6. The predicted octanol–water partition coefficient (Wildman–Crippen LogP) is 6.60. The zero-order valence-corrected chi connectivity index (χ0v) is 22.7. The first kappa shape index (κ1) is 30.4. The molecule has 3 aromatic carbocycles. The fourth-order valence-electron chi connectivity index (χ4n) is 4.83. The monoisotopic (exact) mass is 584 g/mol. The minimum Gasteiger partial charge on any atom is -0.481 e. The lowest BCUT2D eigenvalue weighted by Crippen LogP contribution is -2.26. The SMILES string of the molecule is O=C(O)CCNC(=O)c1ccc(NC(C(=O)Oc2ccc(C3CCCCC3)cc2)c2ccc(OC(F)(F)F)cc2)cc1. The highest BCUT2D eigenvalue weighted by atomic mass is 19.4. The van der Waals surface area contributed by atoms with Gasteiger partial charge < -0.3 is 25.2 Å². The van der Waals surface area contributed by atoms with Crippen molar-refractivity contribution in [2.75, 3.05) is 11.9 Å². The third kappa shape index (κ3) is 8.98. The standard InChI is InChI=1S/C31H31F3N2O6/c32-31(33,34)42-26-16-10-22(11-17-26)28(36-24-12-6-23(7-13-24)29(39)35-19-18-27(37)38)30(40)41-25-14-8-21(9-15-25)20-4-2-1-3-5-20/h6-17,20,28,36H,1-5,18-19H2,(H,35,39)(H,37,38). The van der Waals surface area contributed by atoms with Gasteiger partial charge in [-0.3, -0.25) is 9.59 Å². The summed E-state index contributed by atoms with van der Waals surface area (Å²) in [6, 6.07) is 17.2. The van der Waals surface area contributed by atoms with Crippen molar-refractivity contribution >= 4 is 23.5 Å². The van der Waals surface area contributed by atoms with E-state index >= 15 is 0 Å². The molecule has 4 rings (SSSR count). The number of hydrogen-bond donors (Lipinski definition) is 3. The first-order valence-corrected chi connectivity index (χ1v) is 13.6. The van der Waals surface area contributed by atoms with Crippen LogP contribution in [0.2, 0.25) is 0 Å². The molecule has 0 spiro atoms. The number of rotatable bonds is 11. The van der Waals surface area contributed by atoms with Gasteiger partial charge in [0.1, 0.15) is 11.5 Å². The van der Waals surface area contributed by atoms with Gasteiger partial charge in [0.25, 0.3) is 5.91 Å². The minimum atomic E-state index is -4.86. The maximum atomic E-state index is 13.4. The number of carbonyl (C=O) groups is 3. The number of nitrogens with one attached hydrogen (secondary N) is 2. The van der Waals surface area contributed by atoms with Crippen LogP contribution >= 0.6 is 0 Å². The Kier molecular flexibility index (Phi) is 10.1. The summed E-state index contributed by atoms with van der Waals surface area (Å²) < 4.78 is 47.5. The number of hydrogen-bond acceptors (Lipinski definition) is 6. The normalized spacial score (nSPS) is 14.5. The van der Waals surface area contributed by atoms with Gasteiger partial charge in [-0.2, -0.15) is 0 Å². The molecule has 0 radical (unpaired) electrons. The van der Waals surface area contributed by atoms with Crippen LogP contribution in [0.25, 0.3) is 0 Å². The summed E-state index contributed by atoms with van der Waals surface area (Å²) in [6.45, 7) is -0.0300. The van der Waals surface area contributed by atoms with Crippen molar-refractivity contribution < 1.29 is 42.1 Å². The maximum absolute atomic E-state index is 13.4. The van der Waals surface area contributed by atoms with Crippen LogP contribution in [0.5, 0.6) is 11.5 Å². The third-order valence-electron chi connectivity index (χ3n) is 6.94. The molecule has 1 unspecified atom stereocenters. The molecule has 1 fully saturated rings. The van der Waals surface area contributed by atoms with Gasteiger partial charge in [0.2, 0.25) is 0 Å². The number of benzene rings is 3. The minimum absolute atomic E-state index is 0.0300. The molecule has 0 heterocycles. The van der Waals surface area contributed by atoms with Crippen LogP contribution < -0.4 is 20.1 Å². The van der Waals surface area contributed by atoms with Gasteiger partial charge in [-0.25, -0.2) is 4.79 Å². The molecule has 11 heteroatoms. The van der Waals surface area contributed by atoms with Crippen LogP contribution in [-0.2, 0) is 9.59 Å². The highest BCUT2D eigenvalue weighted by Gasteiger charge is 2.31. The quantitative estimate of drug-likeness (QED) is 0.172. The van der Waals surface area contributed by atoms with E-state index in [1.807, 2.05) is 12.1 Å². The van der Waals surface area contributed by atoms with E-state index in [9.17, 15) is 27.6 Å². The zero-order valence-electron chi connectivity index (χ0n) is 22.7. The van der Waals surface area contributed by atoms with Crippen molar-refractivity contribution in [2.45, 2.75) is 56.8 Å². The lowest BCUT2D eigenvalue weighted by molar-refractivity contribution is -0.274. The molecule has 42 heavy (non-hydrogen) atoms. The molecular weight excluding hydrogens is 553 g/mol. The number of carbonyl (C=O) groups excluding carboxylic acids is 2. The predicted molar refractivity (Wildman–Crippen MR) is 148 cm³/mol. The van der Waals surface area contributed by atoms with E-state index in [4.69, 9.17) is 9.84 Å². The van der Waals surface area contributed by atoms with E-state index in [0.717, 1.165) is 25.0 Å². The Hall–Kier alpha value is -4.54. The summed E-state index contributed by atoms with van der Waals surface area (Å²) in [5.74, 6) is -1.81. The number of halogens is 3. The van der Waals surface area contributed by atoms with Crippen molar-refractivity contribution in [3.63, 3.8) is 0 Å². The lowest BCUT2D eigenvalue weighted by atomic mass is 9.84. The number of aliphatic carboxylic acids is 1. The molecule has 0 aromatic heterocycles. The van der Waals surface area contributed by atoms with E-state index in [1.165, 1.54) is 49.1 Å². The number of amides is 1. The van der Waals surface area contributed by atoms with Crippen molar-refractivity contribution in [1.29, 1.82) is 0 Å². The Labute approximate surface area is 240 Å². The molecule has 1 atom stereocenters. The van der Waals surface area contributed by atoms with Gasteiger partial charge in [-0.1, -0.05) is 43.5 Å². The Bertz CT molecular complexity index is 1350. The Morgan fingerprint density at radius 3 is 2.07 bits per heavy atom. The van der Waals surface area contributed by atoms with E-state index in [0.29, 0.717) is 22.9 Å². The smallest absolute Gasteiger partial charge is 0.481 e. The number of carboxylic acid groups (broad SMARTS) is 1. The van der Waals surface area contributed by atoms with Gasteiger partial charge in [0, 0.05) is 17.8 Å². The van der Waals surface area contributed by atoms with Crippen molar-refractivity contribution in [3.05, 3.63) is 89.5 Å². The number of anilines is 1. The van der Waals surface area contributed by atoms with E-state index in [-0.39, 0.29) is 18.5 Å². The summed E-state index contributed by atoms with van der Waals surface area (Å²) >= 11 is 0. The molecule has 0 saturated heterocycles. The molecular formula is C31H31F3N2O6. The van der Waals surface area contributed by atoms with Crippen molar-refractivity contribution in [1.82, 2.24) is 5.32 Å². The summed E-state index contributed by atoms with van der Waals surface area (Å²) in [5.41, 5.74) is 2.22. The number of ether oxygens (including phenoxy) is 2. The van der Waals surface area contributed by atoms with E-state index < -0.39 is 36.0 Å². The highest BCUT2D eigenvalue weighted by molar-refractivity contribution is 5.94. The molecule has 0 aliphatic heterocycles. The van der Waals surface area contributed by atoms with Gasteiger partial charge in [0.05, 0.1) is 6.42 Å². The topological polar surface area (TPSA) is 114 Å². The second-order valence-electron chi connectivity index (χ2n) is 10.00. The second kappa shape index (κ2) is 13.9. The van der Waals surface area contributed by atoms with Crippen LogP contribution in [0.4, 0.5) is 18.9 Å². The zero-order chi connectivity index (χ0) is 30.1. The molecule has 0 bridgehead atoms. The van der Waals surface area contributed by atoms with Gasteiger partial charge >= 0.3 is 18.3 Å². The fraction of sp³-hybridized carbons (Fsp3) is 0.323. The molecule has 222 valence electrons. The molecule has 1 saturated carbocycles. The lowest BCUT2D eigenvalue weighted by Gasteiger charge is -2.22. The molecule has 3 N–H and O–H groups in total. The Morgan fingerprint density at radius 1 is 0.857 bits per heavy atom. The van der Waals surface area contributed by atoms with E-state index in [1.54, 1.807) is 24.3 Å². The number of alkyl halides is 3. The number of carboxylic acids is 1. The average molecular weight is 585 g/mol. The van der Waals surface area contributed by atoms with Gasteiger partial charge in [0.15, 0.2) is 6.04 Å². The Balaban J connectivity index is 1.49. The third-order valence-corrected chi connectivity index (χ3v) is 6.94. The first-order chi connectivity index (χ1) is 20.1. The largest absolute Gasteiger partial charge is 0.573 e. The molecule has 1 aliphatic carbocycles. The van der Waals surface area contributed by atoms with Crippen molar-refractivity contribution in [3.8, 4) is 11.5 Å². The second-order valence-corrected chi connectivity index (χ2v) is 10.00. The fourth-order valence-corrected chi connectivity index (χ4v) is 4.83. The highest BCUT2D eigenvalue weighted by Crippen LogP contribution is 2.34. The summed E-state index contributed by atoms with van der Waals surface area (Å²) in [7, 11) is 0. The average Bonchev–Trinajstić information content (AvgIpc) is 2.96. The molecule has 3 aromatic rings. The molecule has 8 nitrogen and oxygen atoms in total. The maximum Gasteiger partial charge on any atom is 0.573 e. The van der Waals surface area contributed by atoms with Crippen LogP contribution in [0.3, 0.4) is 0 Å². The summed E-state index contributed by atoms with van der Waals surface area (Å²) in [4.78, 5) is 36.3. The van der Waals surface area contributed by atoms with Crippen LogP contribution in [-0.4, -0.2) is 35.9 Å². The molecule has 1 amide bonds. The van der Waals surface area contributed by atoms with E-state index in [2.05, 4.69) is 15.4 Å².